The topological polar surface area (TPSA) is 162 Å². The van der Waals surface area contributed by atoms with Gasteiger partial charge in [0.2, 0.25) is 0 Å². The van der Waals surface area contributed by atoms with Crippen LogP contribution in [0.1, 0.15) is 113 Å². The van der Waals surface area contributed by atoms with E-state index in [4.69, 9.17) is 56.2 Å². The van der Waals surface area contributed by atoms with Crippen molar-refractivity contribution in [3.63, 3.8) is 0 Å². The minimum Gasteiger partial charge on any atom is -0.458 e. The highest BCUT2D eigenvalue weighted by atomic mass is 28.4. The van der Waals surface area contributed by atoms with Crippen molar-refractivity contribution in [1.29, 1.82) is 0 Å². The van der Waals surface area contributed by atoms with Crippen LogP contribution in [0.25, 0.3) is 0 Å². The highest BCUT2D eigenvalue weighted by Crippen LogP contribution is 2.49. The van der Waals surface area contributed by atoms with Gasteiger partial charge in [-0.1, -0.05) is 230 Å². The Hall–Kier alpha value is -6.82. The summed E-state index contributed by atoms with van der Waals surface area (Å²) in [6.45, 7) is 14.3. The first-order valence-corrected chi connectivity index (χ1v) is 38.2. The summed E-state index contributed by atoms with van der Waals surface area (Å²) < 4.78 is 82.7. The van der Waals surface area contributed by atoms with Crippen molar-refractivity contribution >= 4 is 55.1 Å². The zero-order valence-electron chi connectivity index (χ0n) is 57.5. The minimum atomic E-state index is -3.40. The zero-order chi connectivity index (χ0) is 68.2. The quantitative estimate of drug-likeness (QED) is 0.0188. The standard InChI is InChI=1S/C80H96O15Si2/c1-79(2,3)96(61-37-23-13-24-38-61,62-39-25-14-26-40-62)94-73-67(47-48-87-53-55-31-17-10-18-32-55)93-75-74(73)92-66-46-45-59(89-72(66)76(75)95-97(80(4,5)6,63-41-27-15-28-42-63)64-43-29-16-30-44-64)49-58(81)50-65-68(52-70(84-7)85-8)91-69(71(65)86-9)51-60(90-78(83)57-35-21-12-22-36-57)54-88-77(82)56-33-19-11-20-34-56/h10-44,59-60,65-76H,45-54H2,1-9H3/t59-,60+,65+,66+,67-,68+,69-,71-,72+,73+,74+,75-,76+/m1/s1. The molecule has 0 radical (unpaired) electrons. The van der Waals surface area contributed by atoms with Crippen molar-refractivity contribution in [1.82, 2.24) is 0 Å². The lowest BCUT2D eigenvalue weighted by Crippen LogP contribution is -2.73. The average Bonchev–Trinajstić information content (AvgIpc) is 1.68. The van der Waals surface area contributed by atoms with Gasteiger partial charge in [-0.2, -0.15) is 0 Å². The molecule has 97 heavy (non-hydrogen) atoms. The molecule has 0 spiro atoms. The van der Waals surface area contributed by atoms with Crippen LogP contribution >= 0.6 is 0 Å². The molecule has 4 heterocycles. The Kier molecular flexibility index (Phi) is 23.9. The van der Waals surface area contributed by atoms with Crippen LogP contribution in [0.4, 0.5) is 0 Å². The monoisotopic (exact) mass is 1350 g/mol. The van der Waals surface area contributed by atoms with Gasteiger partial charge in [-0.25, -0.2) is 9.59 Å². The molecule has 4 saturated heterocycles. The fourth-order valence-electron chi connectivity index (χ4n) is 15.3. The van der Waals surface area contributed by atoms with E-state index < -0.39 is 119 Å². The van der Waals surface area contributed by atoms with Crippen molar-refractivity contribution < 1.29 is 70.6 Å². The summed E-state index contributed by atoms with van der Waals surface area (Å²) >= 11 is 0. The predicted octanol–water partition coefficient (Wildman–Crippen LogP) is 11.8. The third-order valence-corrected chi connectivity index (χ3v) is 29.9. The van der Waals surface area contributed by atoms with Crippen LogP contribution in [-0.2, 0) is 67.6 Å². The molecule has 7 aromatic carbocycles. The number of rotatable bonds is 29. The molecule has 7 aromatic rings. The predicted molar refractivity (Wildman–Crippen MR) is 378 cm³/mol. The molecule has 0 saturated carbocycles. The second-order valence-corrected chi connectivity index (χ2v) is 36.7. The number of esters is 2. The molecule has 0 unspecified atom stereocenters. The second-order valence-electron chi connectivity index (χ2n) is 28.2. The molecule has 0 aliphatic carbocycles. The number of Topliss-reactive ketones (excluding diaryl/α,β-unsaturated/α-hetero) is 1. The zero-order valence-corrected chi connectivity index (χ0v) is 59.5. The molecule has 4 aliphatic rings. The molecule has 0 N–H and O–H groups in total. The van der Waals surface area contributed by atoms with Crippen molar-refractivity contribution in [2.75, 3.05) is 34.5 Å². The van der Waals surface area contributed by atoms with Gasteiger partial charge in [0.15, 0.2) is 6.29 Å². The summed E-state index contributed by atoms with van der Waals surface area (Å²) in [5, 5.41) is 3.70. The van der Waals surface area contributed by atoms with Gasteiger partial charge in [0.1, 0.15) is 49.0 Å². The smallest absolute Gasteiger partial charge is 0.338 e. The number of ketones is 1. The normalized spacial score (nSPS) is 24.6. The lowest BCUT2D eigenvalue weighted by Gasteiger charge is -2.53. The maximum atomic E-state index is 15.3. The lowest BCUT2D eigenvalue weighted by atomic mass is 9.85. The van der Waals surface area contributed by atoms with Gasteiger partial charge in [0.05, 0.1) is 54.4 Å². The van der Waals surface area contributed by atoms with E-state index >= 15 is 4.79 Å². The Labute approximate surface area is 574 Å². The Morgan fingerprint density at radius 3 is 1.45 bits per heavy atom. The molecule has 0 bridgehead atoms. The molecule has 17 heteroatoms. The maximum Gasteiger partial charge on any atom is 0.338 e. The molecular weight excluding hydrogens is 1260 g/mol. The van der Waals surface area contributed by atoms with Crippen LogP contribution in [-0.4, -0.2) is 148 Å². The first-order valence-electron chi connectivity index (χ1n) is 34.3. The molecule has 4 fully saturated rings. The molecule has 11 rings (SSSR count). The molecule has 15 nitrogen and oxygen atoms in total. The van der Waals surface area contributed by atoms with Crippen LogP contribution in [0.5, 0.6) is 0 Å². The molecule has 0 aromatic heterocycles. The van der Waals surface area contributed by atoms with Crippen molar-refractivity contribution in [3.05, 3.63) is 229 Å². The summed E-state index contributed by atoms with van der Waals surface area (Å²) in [6, 6.07) is 70.3. The summed E-state index contributed by atoms with van der Waals surface area (Å²) in [6.07, 6.45) is -6.25. The highest BCUT2D eigenvalue weighted by molar-refractivity contribution is 7.00. The third-order valence-electron chi connectivity index (χ3n) is 19.9. The van der Waals surface area contributed by atoms with E-state index in [0.717, 1.165) is 26.3 Å². The SMILES string of the molecule is COC(C[C@@H]1O[C@H](C[C@@H](COC(=O)c2ccccc2)OC(=O)c2ccccc2)[C@H](OC)[C@H]1CC(=O)C[C@H]1CC[C@@H]2O[C@@H]3[C@@H](O[C@H](CCOCc4ccccc4)[C@@H]3O[Si](c3ccccc3)(c3ccccc3)C(C)(C)C)[C@@H](O[Si](c3ccccc3)(c3ccccc3)C(C)(C)C)[C@H]2O1)OC. The van der Waals surface area contributed by atoms with Gasteiger partial charge < -0.3 is 56.2 Å². The number of benzene rings is 7. The van der Waals surface area contributed by atoms with Crippen molar-refractivity contribution in [3.8, 4) is 0 Å². The van der Waals surface area contributed by atoms with Crippen molar-refractivity contribution in [2.24, 2.45) is 5.92 Å². The van der Waals surface area contributed by atoms with Gasteiger partial charge in [0.25, 0.3) is 16.6 Å². The first kappa shape index (κ1) is 71.5. The number of carbonyl (C=O) groups excluding carboxylic acids is 3. The summed E-state index contributed by atoms with van der Waals surface area (Å²) in [5.74, 6) is -1.70. The van der Waals surface area contributed by atoms with E-state index in [1.54, 1.807) is 69.9 Å². The Balaban J connectivity index is 0.925. The summed E-state index contributed by atoms with van der Waals surface area (Å²) in [5.41, 5.74) is 1.77. The average molecular weight is 1350 g/mol. The summed E-state index contributed by atoms with van der Waals surface area (Å²) in [7, 11) is -1.96. The van der Waals surface area contributed by atoms with Crippen LogP contribution in [0, 0.1) is 5.92 Å². The lowest BCUT2D eigenvalue weighted by molar-refractivity contribution is -0.254. The summed E-state index contributed by atoms with van der Waals surface area (Å²) in [4.78, 5) is 42.3. The Morgan fingerprint density at radius 1 is 0.485 bits per heavy atom. The molecular formula is C80H96O15Si2. The van der Waals surface area contributed by atoms with E-state index in [1.807, 2.05) is 30.3 Å². The number of fused-ring (bicyclic) bond motifs is 2. The van der Waals surface area contributed by atoms with E-state index in [2.05, 4.69) is 175 Å². The van der Waals surface area contributed by atoms with Gasteiger partial charge in [-0.3, -0.25) is 4.79 Å². The Morgan fingerprint density at radius 2 is 0.959 bits per heavy atom. The van der Waals surface area contributed by atoms with Crippen LogP contribution in [0.15, 0.2) is 212 Å². The van der Waals surface area contributed by atoms with Gasteiger partial charge in [-0.15, -0.1) is 0 Å². The fraction of sp³-hybridized carbons (Fsp3) is 0.438. The molecule has 13 atom stereocenters. The van der Waals surface area contributed by atoms with Crippen LogP contribution < -0.4 is 20.7 Å². The minimum absolute atomic E-state index is 0.0505. The molecule has 0 amide bonds. The van der Waals surface area contributed by atoms with Gasteiger partial charge in [-0.05, 0) is 79.9 Å². The number of methoxy groups -OCH3 is 3. The third kappa shape index (κ3) is 16.3. The largest absolute Gasteiger partial charge is 0.458 e. The van der Waals surface area contributed by atoms with Gasteiger partial charge in [0, 0.05) is 59.5 Å². The van der Waals surface area contributed by atoms with E-state index in [0.29, 0.717) is 43.6 Å². The second kappa shape index (κ2) is 32.5. The fourth-order valence-corrected chi connectivity index (χ4v) is 24.7. The van der Waals surface area contributed by atoms with Crippen LogP contribution in [0.3, 0.4) is 0 Å². The molecule has 4 aliphatic heterocycles. The number of hydrogen-bond acceptors (Lipinski definition) is 15. The van der Waals surface area contributed by atoms with E-state index in [-0.39, 0.29) is 43.1 Å². The van der Waals surface area contributed by atoms with Gasteiger partial charge >= 0.3 is 11.9 Å². The first-order chi connectivity index (χ1) is 46.9. The Bertz CT molecular complexity index is 3500. The van der Waals surface area contributed by atoms with Crippen LogP contribution in [0.2, 0.25) is 10.1 Å². The highest BCUT2D eigenvalue weighted by Gasteiger charge is 2.65. The van der Waals surface area contributed by atoms with E-state index in [1.165, 1.54) is 0 Å². The van der Waals surface area contributed by atoms with E-state index in [9.17, 15) is 9.59 Å². The van der Waals surface area contributed by atoms with Crippen molar-refractivity contribution in [2.45, 2.75) is 183 Å². The number of ether oxygens (including phenoxy) is 10. The number of carbonyl (C=O) groups is 3. The number of hydrogen-bond donors (Lipinski definition) is 0. The molecule has 514 valence electrons. The maximum absolute atomic E-state index is 15.3.